The van der Waals surface area contributed by atoms with E-state index in [-0.39, 0.29) is 24.1 Å². The van der Waals surface area contributed by atoms with Crippen molar-refractivity contribution < 1.29 is 19.1 Å². The number of hydrogen-bond donors (Lipinski definition) is 2. The molecule has 0 aromatic heterocycles. The molecule has 7 heteroatoms. The van der Waals surface area contributed by atoms with Crippen LogP contribution in [0.1, 0.15) is 22.3 Å². The van der Waals surface area contributed by atoms with E-state index in [2.05, 4.69) is 10.6 Å². The summed E-state index contributed by atoms with van der Waals surface area (Å²) >= 11 is 0. The summed E-state index contributed by atoms with van der Waals surface area (Å²) in [5.74, 6) is -0.415. The minimum absolute atomic E-state index is 0.0909. The van der Waals surface area contributed by atoms with Crippen molar-refractivity contribution in [2.45, 2.75) is 13.0 Å². The minimum Gasteiger partial charge on any atom is -0.497 e. The van der Waals surface area contributed by atoms with E-state index in [1.165, 1.54) is 0 Å². The Hall–Kier alpha value is -4.13. The monoisotopic (exact) mass is 443 g/mol. The molecular weight excluding hydrogens is 418 g/mol. The Labute approximate surface area is 192 Å². The van der Waals surface area contributed by atoms with Gasteiger partial charge in [0.1, 0.15) is 5.75 Å². The van der Waals surface area contributed by atoms with Gasteiger partial charge in [0, 0.05) is 25.2 Å². The van der Waals surface area contributed by atoms with Gasteiger partial charge < -0.3 is 20.3 Å². The first-order valence-corrected chi connectivity index (χ1v) is 10.7. The fourth-order valence-electron chi connectivity index (χ4n) is 3.79. The van der Waals surface area contributed by atoms with Gasteiger partial charge in [0.15, 0.2) is 0 Å². The maximum absolute atomic E-state index is 12.9. The number of rotatable bonds is 7. The van der Waals surface area contributed by atoms with Crippen LogP contribution in [0.3, 0.4) is 0 Å². The molecule has 1 aliphatic heterocycles. The molecule has 1 heterocycles. The third-order valence-electron chi connectivity index (χ3n) is 5.61. The van der Waals surface area contributed by atoms with Gasteiger partial charge in [-0.05, 0) is 42.0 Å². The van der Waals surface area contributed by atoms with E-state index in [1.54, 1.807) is 36.3 Å². The lowest BCUT2D eigenvalue weighted by Gasteiger charge is -2.17. The molecule has 168 valence electrons. The van der Waals surface area contributed by atoms with Crippen molar-refractivity contribution in [2.75, 3.05) is 23.9 Å². The molecule has 1 fully saturated rings. The largest absolute Gasteiger partial charge is 0.497 e. The van der Waals surface area contributed by atoms with Crippen LogP contribution in [0.2, 0.25) is 0 Å². The summed E-state index contributed by atoms with van der Waals surface area (Å²) in [6.45, 7) is 0.648. The minimum atomic E-state index is -0.492. The summed E-state index contributed by atoms with van der Waals surface area (Å²) in [4.78, 5) is 39.8. The maximum Gasteiger partial charge on any atom is 0.253 e. The molecule has 3 aromatic carbocycles. The number of nitrogens with zero attached hydrogens (tertiary/aromatic N) is 1. The first-order chi connectivity index (χ1) is 16.0. The molecule has 0 unspecified atom stereocenters. The number of para-hydroxylation sites is 2. The third kappa shape index (κ3) is 5.20. The van der Waals surface area contributed by atoms with Crippen LogP contribution in [0.25, 0.3) is 0 Å². The van der Waals surface area contributed by atoms with Crippen molar-refractivity contribution in [3.05, 3.63) is 90.0 Å². The second-order valence-electron chi connectivity index (χ2n) is 7.81. The van der Waals surface area contributed by atoms with Gasteiger partial charge in [-0.1, -0.05) is 42.5 Å². The van der Waals surface area contributed by atoms with Crippen molar-refractivity contribution >= 4 is 29.1 Å². The maximum atomic E-state index is 12.9. The molecule has 0 bridgehead atoms. The highest BCUT2D eigenvalue weighted by atomic mass is 16.5. The van der Waals surface area contributed by atoms with Crippen molar-refractivity contribution in [3.63, 3.8) is 0 Å². The van der Waals surface area contributed by atoms with E-state index in [0.717, 1.165) is 17.0 Å². The molecule has 0 radical (unpaired) electrons. The topological polar surface area (TPSA) is 87.7 Å². The van der Waals surface area contributed by atoms with Crippen LogP contribution in [0.5, 0.6) is 5.75 Å². The third-order valence-corrected chi connectivity index (χ3v) is 5.61. The average molecular weight is 444 g/mol. The Balaban J connectivity index is 1.40. The highest BCUT2D eigenvalue weighted by molar-refractivity contribution is 6.07. The quantitative estimate of drug-likeness (QED) is 0.584. The Morgan fingerprint density at radius 2 is 1.67 bits per heavy atom. The number of benzene rings is 3. The molecule has 1 saturated heterocycles. The first kappa shape index (κ1) is 22.1. The van der Waals surface area contributed by atoms with Gasteiger partial charge in [-0.3, -0.25) is 14.4 Å². The zero-order valence-electron chi connectivity index (χ0n) is 18.3. The zero-order chi connectivity index (χ0) is 23.2. The summed E-state index contributed by atoms with van der Waals surface area (Å²) in [7, 11) is 1.60. The molecule has 1 aliphatic rings. The lowest BCUT2D eigenvalue weighted by Crippen LogP contribution is -2.29. The van der Waals surface area contributed by atoms with Crippen LogP contribution in [-0.2, 0) is 16.1 Å². The fraction of sp³-hybridized carbons (Fsp3) is 0.192. The summed E-state index contributed by atoms with van der Waals surface area (Å²) in [6, 6.07) is 23.6. The second-order valence-corrected chi connectivity index (χ2v) is 7.81. The van der Waals surface area contributed by atoms with Gasteiger partial charge in [-0.25, -0.2) is 0 Å². The number of methoxy groups -OCH3 is 1. The summed E-state index contributed by atoms with van der Waals surface area (Å²) in [5, 5.41) is 5.72. The Bertz CT molecular complexity index is 1150. The molecule has 0 saturated carbocycles. The van der Waals surface area contributed by atoms with Crippen molar-refractivity contribution in [3.8, 4) is 5.75 Å². The van der Waals surface area contributed by atoms with Crippen LogP contribution in [-0.4, -0.2) is 31.4 Å². The van der Waals surface area contributed by atoms with Gasteiger partial charge in [-0.15, -0.1) is 0 Å². The highest BCUT2D eigenvalue weighted by Gasteiger charge is 2.35. The first-order valence-electron chi connectivity index (χ1n) is 10.7. The summed E-state index contributed by atoms with van der Waals surface area (Å²) < 4.78 is 5.15. The van der Waals surface area contributed by atoms with E-state index in [0.29, 0.717) is 24.3 Å². The average Bonchev–Trinajstić information content (AvgIpc) is 3.25. The van der Waals surface area contributed by atoms with Gasteiger partial charge in [0.2, 0.25) is 11.8 Å². The Morgan fingerprint density at radius 1 is 0.970 bits per heavy atom. The number of anilines is 2. The number of ether oxygens (including phenoxy) is 1. The molecule has 0 spiro atoms. The van der Waals surface area contributed by atoms with Crippen LogP contribution >= 0.6 is 0 Å². The molecule has 33 heavy (non-hydrogen) atoms. The predicted octanol–water partition coefficient (Wildman–Crippen LogP) is 3.62. The predicted molar refractivity (Wildman–Crippen MR) is 126 cm³/mol. The SMILES string of the molecule is COc1ccc(CNC(=O)c2ccccc2NC(=O)[C@H]2CC(=O)N(c3ccccc3)C2)cc1. The number of amides is 3. The number of nitrogens with one attached hydrogen (secondary N) is 2. The van der Waals surface area contributed by atoms with Gasteiger partial charge in [0.05, 0.1) is 24.3 Å². The smallest absolute Gasteiger partial charge is 0.253 e. The molecule has 4 rings (SSSR count). The van der Waals surface area contributed by atoms with Gasteiger partial charge >= 0.3 is 0 Å². The summed E-state index contributed by atoms with van der Waals surface area (Å²) in [5.41, 5.74) is 2.48. The molecule has 7 nitrogen and oxygen atoms in total. The number of carbonyl (C=O) groups is 3. The van der Waals surface area contributed by atoms with Crippen LogP contribution in [0, 0.1) is 5.92 Å². The lowest BCUT2D eigenvalue weighted by molar-refractivity contribution is -0.122. The van der Waals surface area contributed by atoms with E-state index in [1.807, 2.05) is 54.6 Å². The lowest BCUT2D eigenvalue weighted by atomic mass is 10.1. The van der Waals surface area contributed by atoms with E-state index in [9.17, 15) is 14.4 Å². The fourth-order valence-corrected chi connectivity index (χ4v) is 3.79. The second kappa shape index (κ2) is 9.99. The van der Waals surface area contributed by atoms with Gasteiger partial charge in [0.25, 0.3) is 5.91 Å². The van der Waals surface area contributed by atoms with Crippen LogP contribution in [0.15, 0.2) is 78.9 Å². The van der Waals surface area contributed by atoms with Crippen molar-refractivity contribution in [1.29, 1.82) is 0 Å². The van der Waals surface area contributed by atoms with Crippen LogP contribution in [0.4, 0.5) is 11.4 Å². The Morgan fingerprint density at radius 3 is 2.39 bits per heavy atom. The molecule has 2 N–H and O–H groups in total. The van der Waals surface area contributed by atoms with Crippen LogP contribution < -0.4 is 20.3 Å². The van der Waals surface area contributed by atoms with E-state index < -0.39 is 5.92 Å². The standard InChI is InChI=1S/C26H25N3O4/c1-33-21-13-11-18(12-14-21)16-27-26(32)22-9-5-6-10-23(22)28-25(31)19-15-24(30)29(17-19)20-7-3-2-4-8-20/h2-14,19H,15-17H2,1H3,(H,27,32)(H,28,31)/t19-/m0/s1. The molecule has 0 aliphatic carbocycles. The van der Waals surface area contributed by atoms with E-state index in [4.69, 9.17) is 4.74 Å². The molecule has 3 aromatic rings. The number of hydrogen-bond acceptors (Lipinski definition) is 4. The van der Waals surface area contributed by atoms with Crippen molar-refractivity contribution in [2.24, 2.45) is 5.92 Å². The molecular formula is C26H25N3O4. The molecule has 3 amide bonds. The Kier molecular flexibility index (Phi) is 6.69. The highest BCUT2D eigenvalue weighted by Crippen LogP contribution is 2.26. The number of carbonyl (C=O) groups excluding carboxylic acids is 3. The van der Waals surface area contributed by atoms with Gasteiger partial charge in [-0.2, -0.15) is 0 Å². The molecule has 1 atom stereocenters. The zero-order valence-corrected chi connectivity index (χ0v) is 18.3. The van der Waals surface area contributed by atoms with E-state index >= 15 is 0 Å². The van der Waals surface area contributed by atoms with Crippen molar-refractivity contribution in [1.82, 2.24) is 5.32 Å². The normalized spacial score (nSPS) is 15.2. The summed E-state index contributed by atoms with van der Waals surface area (Å²) in [6.07, 6.45) is 0.132.